The standard InChI is InChI=1S/C17H19ClN5O5P/c18-12-3-1-2-4-15(12)28-29(25,26)27-8-11-10(7-24)5-14(11)23-9-21-13-6-20-17(19)22-16(13)23/h1-4,6,9-11,14,24H,5,7-8H2,(H,25,26)(H2,19,20,22)/t10-,11-,14-/m1/s1. The summed E-state index contributed by atoms with van der Waals surface area (Å²) >= 11 is 5.96. The second-order valence-electron chi connectivity index (χ2n) is 6.78. The zero-order valence-electron chi connectivity index (χ0n) is 15.1. The highest BCUT2D eigenvalue weighted by Gasteiger charge is 2.44. The highest BCUT2D eigenvalue weighted by atomic mass is 35.5. The molecule has 1 aliphatic carbocycles. The maximum Gasteiger partial charge on any atom is 0.527 e. The van der Waals surface area contributed by atoms with E-state index in [-0.39, 0.29) is 47.8 Å². The van der Waals surface area contributed by atoms with Crippen LogP contribution in [-0.2, 0) is 9.09 Å². The number of aliphatic hydroxyl groups excluding tert-OH is 1. The van der Waals surface area contributed by atoms with Crippen LogP contribution in [0.3, 0.4) is 0 Å². The molecule has 1 saturated carbocycles. The Morgan fingerprint density at radius 2 is 2.14 bits per heavy atom. The van der Waals surface area contributed by atoms with E-state index in [0.29, 0.717) is 17.6 Å². The second kappa shape index (κ2) is 7.89. The third-order valence-corrected chi connectivity index (χ3v) is 6.27. The number of nitrogen functional groups attached to an aromatic ring is 1. The van der Waals surface area contributed by atoms with Gasteiger partial charge in [0.1, 0.15) is 11.3 Å². The van der Waals surface area contributed by atoms with Crippen LogP contribution in [0.25, 0.3) is 11.2 Å². The van der Waals surface area contributed by atoms with Gasteiger partial charge in [0.05, 0.1) is 24.2 Å². The number of phosphoric acid groups is 1. The number of halogens is 1. The van der Waals surface area contributed by atoms with Gasteiger partial charge in [-0.1, -0.05) is 23.7 Å². The maximum absolute atomic E-state index is 12.4. The van der Waals surface area contributed by atoms with Gasteiger partial charge in [0, 0.05) is 18.6 Å². The lowest BCUT2D eigenvalue weighted by atomic mass is 9.70. The Balaban J connectivity index is 1.49. The average Bonchev–Trinajstić information content (AvgIpc) is 3.06. The van der Waals surface area contributed by atoms with Crippen molar-refractivity contribution < 1.29 is 23.6 Å². The van der Waals surface area contributed by atoms with E-state index in [0.717, 1.165) is 0 Å². The van der Waals surface area contributed by atoms with E-state index in [1.807, 2.05) is 4.57 Å². The molecule has 1 fully saturated rings. The molecule has 3 aromatic rings. The highest BCUT2D eigenvalue weighted by Crippen LogP contribution is 2.50. The van der Waals surface area contributed by atoms with Gasteiger partial charge in [0.15, 0.2) is 5.65 Å². The van der Waals surface area contributed by atoms with Crippen molar-refractivity contribution in [1.29, 1.82) is 0 Å². The summed E-state index contributed by atoms with van der Waals surface area (Å²) in [7, 11) is -4.41. The van der Waals surface area contributed by atoms with E-state index < -0.39 is 7.82 Å². The molecule has 12 heteroatoms. The Hall–Kier alpha value is -2.23. The largest absolute Gasteiger partial charge is 0.527 e. The number of aliphatic hydroxyl groups is 1. The van der Waals surface area contributed by atoms with Gasteiger partial charge in [-0.2, -0.15) is 4.98 Å². The summed E-state index contributed by atoms with van der Waals surface area (Å²) < 4.78 is 24.5. The number of nitrogens with zero attached hydrogens (tertiary/aromatic N) is 4. The van der Waals surface area contributed by atoms with Crippen LogP contribution in [0.1, 0.15) is 12.5 Å². The van der Waals surface area contributed by atoms with Crippen LogP contribution >= 0.6 is 19.4 Å². The number of benzene rings is 1. The minimum Gasteiger partial charge on any atom is -0.403 e. The molecule has 1 unspecified atom stereocenters. The Kier molecular flexibility index (Phi) is 5.46. The Bertz CT molecular complexity index is 1080. The molecule has 4 atom stereocenters. The van der Waals surface area contributed by atoms with Crippen LogP contribution in [0, 0.1) is 11.8 Å². The van der Waals surface area contributed by atoms with Gasteiger partial charge in [0.25, 0.3) is 0 Å². The summed E-state index contributed by atoms with van der Waals surface area (Å²) in [6.45, 7) is -0.177. The first kappa shape index (κ1) is 20.1. The van der Waals surface area contributed by atoms with Crippen LogP contribution in [0.2, 0.25) is 5.02 Å². The van der Waals surface area contributed by atoms with Crippen molar-refractivity contribution >= 4 is 36.5 Å². The summed E-state index contributed by atoms with van der Waals surface area (Å²) in [6.07, 6.45) is 3.78. The second-order valence-corrected chi connectivity index (χ2v) is 8.57. The van der Waals surface area contributed by atoms with Crippen molar-refractivity contribution in [3.05, 3.63) is 41.8 Å². The molecular weight excluding hydrogens is 421 g/mol. The van der Waals surface area contributed by atoms with E-state index in [9.17, 15) is 14.6 Å². The molecule has 154 valence electrons. The maximum atomic E-state index is 12.4. The minimum absolute atomic E-state index is 0.0525. The number of nitrogens with two attached hydrogens (primary N) is 1. The first-order valence-electron chi connectivity index (χ1n) is 8.85. The van der Waals surface area contributed by atoms with Crippen LogP contribution < -0.4 is 10.3 Å². The summed E-state index contributed by atoms with van der Waals surface area (Å²) in [5.74, 6) is -0.171. The summed E-state index contributed by atoms with van der Waals surface area (Å²) in [6, 6.07) is 6.18. The lowest BCUT2D eigenvalue weighted by Crippen LogP contribution is -2.43. The van der Waals surface area contributed by atoms with Crippen LogP contribution in [-0.4, -0.2) is 42.7 Å². The van der Waals surface area contributed by atoms with E-state index in [1.54, 1.807) is 24.5 Å². The molecule has 4 N–H and O–H groups in total. The molecule has 0 amide bonds. The van der Waals surface area contributed by atoms with Gasteiger partial charge >= 0.3 is 7.82 Å². The quantitative estimate of drug-likeness (QED) is 0.472. The zero-order valence-corrected chi connectivity index (χ0v) is 16.8. The SMILES string of the molecule is Nc1ncc2ncn([C@@H]3C[C@H](CO)[C@H]3COP(=O)(O)Oc3ccccc3Cl)c2n1. The highest BCUT2D eigenvalue weighted by molar-refractivity contribution is 7.47. The molecule has 29 heavy (non-hydrogen) atoms. The molecular formula is C17H19ClN5O5P. The number of fused-ring (bicyclic) bond motifs is 1. The predicted octanol–water partition coefficient (Wildman–Crippen LogP) is 2.43. The summed E-state index contributed by atoms with van der Waals surface area (Å²) in [5.41, 5.74) is 6.82. The van der Waals surface area contributed by atoms with Crippen molar-refractivity contribution in [2.75, 3.05) is 18.9 Å². The topological polar surface area (TPSA) is 146 Å². The molecule has 1 aliphatic rings. The van der Waals surface area contributed by atoms with E-state index in [4.69, 9.17) is 26.4 Å². The summed E-state index contributed by atoms with van der Waals surface area (Å²) in [4.78, 5) is 22.5. The smallest absolute Gasteiger partial charge is 0.403 e. The van der Waals surface area contributed by atoms with E-state index >= 15 is 0 Å². The molecule has 2 heterocycles. The van der Waals surface area contributed by atoms with Crippen LogP contribution in [0.4, 0.5) is 5.95 Å². The summed E-state index contributed by atoms with van der Waals surface area (Å²) in [5, 5.41) is 9.82. The molecule has 0 spiro atoms. The number of hydrogen-bond donors (Lipinski definition) is 3. The third kappa shape index (κ3) is 4.08. The number of hydrogen-bond acceptors (Lipinski definition) is 8. The number of phosphoric ester groups is 1. The van der Waals surface area contributed by atoms with Gasteiger partial charge in [0.2, 0.25) is 5.95 Å². The van der Waals surface area contributed by atoms with Gasteiger partial charge in [-0.3, -0.25) is 9.42 Å². The molecule has 1 aromatic carbocycles. The number of rotatable bonds is 7. The minimum atomic E-state index is -4.41. The number of aromatic nitrogens is 4. The molecule has 4 rings (SSSR count). The normalized spacial score (nSPS) is 23.5. The Morgan fingerprint density at radius 3 is 2.90 bits per heavy atom. The average molecular weight is 440 g/mol. The molecule has 0 bridgehead atoms. The van der Waals surface area contributed by atoms with Gasteiger partial charge in [-0.25, -0.2) is 14.5 Å². The van der Waals surface area contributed by atoms with E-state index in [2.05, 4.69) is 15.0 Å². The number of imidazole rings is 1. The van der Waals surface area contributed by atoms with Crippen molar-refractivity contribution in [2.24, 2.45) is 11.8 Å². The zero-order chi connectivity index (χ0) is 20.6. The van der Waals surface area contributed by atoms with Crippen molar-refractivity contribution in [2.45, 2.75) is 12.5 Å². The first-order chi connectivity index (χ1) is 13.9. The van der Waals surface area contributed by atoms with Crippen LogP contribution in [0.5, 0.6) is 5.75 Å². The molecule has 10 nitrogen and oxygen atoms in total. The fourth-order valence-electron chi connectivity index (χ4n) is 3.49. The fourth-order valence-corrected chi connectivity index (χ4v) is 4.54. The number of anilines is 1. The molecule has 0 saturated heterocycles. The van der Waals surface area contributed by atoms with Gasteiger partial charge in [-0.05, 0) is 24.5 Å². The molecule has 2 aromatic heterocycles. The van der Waals surface area contributed by atoms with Crippen molar-refractivity contribution in [3.8, 4) is 5.75 Å². The van der Waals surface area contributed by atoms with E-state index in [1.165, 1.54) is 12.3 Å². The lowest BCUT2D eigenvalue weighted by molar-refractivity contribution is -0.00475. The van der Waals surface area contributed by atoms with Crippen LogP contribution in [0.15, 0.2) is 36.8 Å². The molecule has 0 aliphatic heterocycles. The van der Waals surface area contributed by atoms with Crippen molar-refractivity contribution in [1.82, 2.24) is 19.5 Å². The molecule has 0 radical (unpaired) electrons. The van der Waals surface area contributed by atoms with Gasteiger partial charge in [-0.15, -0.1) is 0 Å². The monoisotopic (exact) mass is 439 g/mol. The predicted molar refractivity (Wildman–Crippen MR) is 105 cm³/mol. The Labute approximate surface area is 170 Å². The fraction of sp³-hybridized carbons (Fsp3) is 0.353. The van der Waals surface area contributed by atoms with Gasteiger partial charge < -0.3 is 19.9 Å². The Morgan fingerprint density at radius 1 is 1.34 bits per heavy atom. The first-order valence-corrected chi connectivity index (χ1v) is 10.7. The number of para-hydroxylation sites is 1. The van der Waals surface area contributed by atoms with Crippen molar-refractivity contribution in [3.63, 3.8) is 0 Å². The third-order valence-electron chi connectivity index (χ3n) is 5.05. The lowest BCUT2D eigenvalue weighted by Gasteiger charge is -2.44.